The summed E-state index contributed by atoms with van der Waals surface area (Å²) in [5, 5.41) is 0. The number of hydrogen-bond acceptors (Lipinski definition) is 4. The first-order chi connectivity index (χ1) is 14.2. The van der Waals surface area contributed by atoms with Crippen molar-refractivity contribution in [3.63, 3.8) is 0 Å². The minimum Gasteiger partial charge on any atom is -0.497 e. The van der Waals surface area contributed by atoms with Crippen LogP contribution in [0.2, 0.25) is 0 Å². The van der Waals surface area contributed by atoms with E-state index in [0.717, 1.165) is 35.7 Å². The molecular weight excluding hydrogens is 364 g/mol. The molecule has 1 aliphatic heterocycles. The molecule has 1 heterocycles. The molecule has 0 unspecified atom stereocenters. The van der Waals surface area contributed by atoms with Crippen molar-refractivity contribution in [2.24, 2.45) is 10.9 Å². The van der Waals surface area contributed by atoms with E-state index in [0.29, 0.717) is 18.5 Å². The summed E-state index contributed by atoms with van der Waals surface area (Å²) < 4.78 is 16.8. The monoisotopic (exact) mass is 392 g/mol. The van der Waals surface area contributed by atoms with Crippen LogP contribution in [0.3, 0.4) is 0 Å². The Morgan fingerprint density at radius 1 is 1.03 bits per heavy atom. The molecule has 2 atom stereocenters. The minimum absolute atomic E-state index is 0.198. The van der Waals surface area contributed by atoms with Gasteiger partial charge in [0.2, 0.25) is 0 Å². The topological polar surface area (TPSA) is 43.3 Å². The van der Waals surface area contributed by atoms with E-state index in [9.17, 15) is 0 Å². The quantitative estimate of drug-likeness (QED) is 0.644. The van der Waals surface area contributed by atoms with Crippen LogP contribution in [0.4, 0.5) is 11.4 Å². The molecule has 5 heteroatoms. The van der Waals surface area contributed by atoms with Gasteiger partial charge in [0.25, 0.3) is 6.02 Å². The highest BCUT2D eigenvalue weighted by molar-refractivity contribution is 5.96. The largest absolute Gasteiger partial charge is 0.497 e. The molecule has 0 N–H and O–H groups in total. The van der Waals surface area contributed by atoms with Crippen molar-refractivity contribution >= 4 is 17.4 Å². The van der Waals surface area contributed by atoms with Gasteiger partial charge in [-0.2, -0.15) is 4.99 Å². The Balaban J connectivity index is 1.79. The van der Waals surface area contributed by atoms with Crippen LogP contribution >= 0.6 is 0 Å². The zero-order valence-corrected chi connectivity index (χ0v) is 17.1. The van der Waals surface area contributed by atoms with Gasteiger partial charge in [-0.15, -0.1) is 6.58 Å². The molecule has 2 aromatic carbocycles. The Kier molecular flexibility index (Phi) is 5.47. The van der Waals surface area contributed by atoms with E-state index in [1.807, 2.05) is 36.4 Å². The molecule has 0 amide bonds. The van der Waals surface area contributed by atoms with Gasteiger partial charge in [0.05, 0.1) is 32.1 Å². The third-order valence-corrected chi connectivity index (χ3v) is 6.09. The molecule has 152 valence electrons. The smallest absolute Gasteiger partial charge is 0.298 e. The van der Waals surface area contributed by atoms with Gasteiger partial charge in [-0.1, -0.05) is 18.9 Å². The van der Waals surface area contributed by atoms with Gasteiger partial charge in [-0.05, 0) is 61.4 Å². The van der Waals surface area contributed by atoms with Gasteiger partial charge in [-0.3, -0.25) is 4.90 Å². The maximum Gasteiger partial charge on any atom is 0.298 e. The summed E-state index contributed by atoms with van der Waals surface area (Å²) in [4.78, 5) is 7.10. The molecule has 1 aliphatic carbocycles. The summed E-state index contributed by atoms with van der Waals surface area (Å²) in [5.41, 5.74) is 1.66. The molecule has 1 saturated heterocycles. The SMILES string of the molecule is C=C[C@]12CCCC[C@H]1COC(=Nc1ccc(OC)cc1)N2c1ccc(OC)cc1. The third kappa shape index (κ3) is 3.57. The predicted molar refractivity (Wildman–Crippen MR) is 116 cm³/mol. The number of amidine groups is 1. The highest BCUT2D eigenvalue weighted by Crippen LogP contribution is 2.45. The maximum absolute atomic E-state index is 6.22. The first kappa shape index (κ1) is 19.4. The lowest BCUT2D eigenvalue weighted by atomic mass is 9.71. The van der Waals surface area contributed by atoms with Crippen molar-refractivity contribution in [2.45, 2.75) is 31.2 Å². The predicted octanol–water partition coefficient (Wildman–Crippen LogP) is 5.34. The van der Waals surface area contributed by atoms with Crippen molar-refractivity contribution in [3.05, 3.63) is 61.2 Å². The first-order valence-electron chi connectivity index (χ1n) is 10.1. The summed E-state index contributed by atoms with van der Waals surface area (Å²) in [7, 11) is 3.34. The second kappa shape index (κ2) is 8.19. The van der Waals surface area contributed by atoms with Crippen molar-refractivity contribution in [1.29, 1.82) is 0 Å². The molecule has 2 aromatic rings. The van der Waals surface area contributed by atoms with Crippen LogP contribution in [-0.2, 0) is 4.74 Å². The molecule has 0 spiro atoms. The summed E-state index contributed by atoms with van der Waals surface area (Å²) in [6, 6.07) is 16.4. The molecule has 1 saturated carbocycles. The Bertz CT molecular complexity index is 876. The summed E-state index contributed by atoms with van der Waals surface area (Å²) in [5.74, 6) is 2.03. The maximum atomic E-state index is 6.22. The molecule has 0 aromatic heterocycles. The summed E-state index contributed by atoms with van der Waals surface area (Å²) in [6.45, 7) is 4.90. The number of rotatable bonds is 5. The Morgan fingerprint density at radius 2 is 1.69 bits per heavy atom. The van der Waals surface area contributed by atoms with Crippen LogP contribution in [0.5, 0.6) is 11.5 Å². The van der Waals surface area contributed by atoms with Gasteiger partial charge in [-0.25, -0.2) is 0 Å². The van der Waals surface area contributed by atoms with Crippen LogP contribution in [0.25, 0.3) is 0 Å². The fourth-order valence-corrected chi connectivity index (χ4v) is 4.48. The van der Waals surface area contributed by atoms with Crippen LogP contribution in [0.1, 0.15) is 25.7 Å². The molecule has 4 rings (SSSR count). The van der Waals surface area contributed by atoms with Gasteiger partial charge in [0.1, 0.15) is 11.5 Å². The summed E-state index contributed by atoms with van der Waals surface area (Å²) in [6.07, 6.45) is 6.68. The van der Waals surface area contributed by atoms with Gasteiger partial charge >= 0.3 is 0 Å². The number of nitrogens with zero attached hydrogens (tertiary/aromatic N) is 2. The Labute approximate surface area is 172 Å². The van der Waals surface area contributed by atoms with E-state index in [-0.39, 0.29) is 5.54 Å². The zero-order valence-electron chi connectivity index (χ0n) is 17.1. The van der Waals surface area contributed by atoms with Crippen LogP contribution < -0.4 is 14.4 Å². The number of hydrogen-bond donors (Lipinski definition) is 0. The van der Waals surface area contributed by atoms with Gasteiger partial charge < -0.3 is 14.2 Å². The number of methoxy groups -OCH3 is 2. The molecule has 5 nitrogen and oxygen atoms in total. The lowest BCUT2D eigenvalue weighted by molar-refractivity contribution is 0.106. The average Bonchev–Trinajstić information content (AvgIpc) is 2.79. The molecular formula is C24H28N2O3. The van der Waals surface area contributed by atoms with Crippen molar-refractivity contribution < 1.29 is 14.2 Å². The minimum atomic E-state index is -0.198. The van der Waals surface area contributed by atoms with Gasteiger partial charge in [0, 0.05) is 11.6 Å². The lowest BCUT2D eigenvalue weighted by Gasteiger charge is -2.53. The van der Waals surface area contributed by atoms with E-state index < -0.39 is 0 Å². The number of aliphatic imine (C=N–C) groups is 1. The molecule has 2 aliphatic rings. The molecule has 0 bridgehead atoms. The van der Waals surface area contributed by atoms with E-state index in [2.05, 4.69) is 29.7 Å². The number of anilines is 1. The Morgan fingerprint density at radius 3 is 2.31 bits per heavy atom. The van der Waals surface area contributed by atoms with Crippen LogP contribution in [0, 0.1) is 5.92 Å². The van der Waals surface area contributed by atoms with Crippen LogP contribution in [0.15, 0.2) is 66.2 Å². The number of fused-ring (bicyclic) bond motifs is 1. The van der Waals surface area contributed by atoms with Gasteiger partial charge in [0.15, 0.2) is 0 Å². The van der Waals surface area contributed by atoms with Crippen molar-refractivity contribution in [2.75, 3.05) is 25.7 Å². The zero-order chi connectivity index (χ0) is 20.3. The average molecular weight is 392 g/mol. The van der Waals surface area contributed by atoms with Crippen molar-refractivity contribution in [3.8, 4) is 11.5 Å². The standard InChI is InChI=1S/C24H28N2O3/c1-4-24-16-6-5-7-18(24)17-29-23(25-19-8-12-21(27-2)13-9-19)26(24)20-10-14-22(28-3)15-11-20/h4,8-15,18H,1,5-7,16-17H2,2-3H3/t18-,24-/m0/s1. The lowest BCUT2D eigenvalue weighted by Crippen LogP contribution is -2.62. The second-order valence-electron chi connectivity index (χ2n) is 7.57. The Hall–Kier alpha value is -2.95. The third-order valence-electron chi connectivity index (χ3n) is 6.09. The molecule has 29 heavy (non-hydrogen) atoms. The van der Waals surface area contributed by atoms with E-state index >= 15 is 0 Å². The molecule has 2 fully saturated rings. The van der Waals surface area contributed by atoms with Crippen LogP contribution in [-0.4, -0.2) is 32.4 Å². The van der Waals surface area contributed by atoms with Crippen molar-refractivity contribution in [1.82, 2.24) is 0 Å². The van der Waals surface area contributed by atoms with E-state index in [4.69, 9.17) is 19.2 Å². The second-order valence-corrected chi connectivity index (χ2v) is 7.57. The first-order valence-corrected chi connectivity index (χ1v) is 10.1. The van der Waals surface area contributed by atoms with E-state index in [1.54, 1.807) is 14.2 Å². The highest BCUT2D eigenvalue weighted by Gasteiger charge is 2.49. The van der Waals surface area contributed by atoms with E-state index in [1.165, 1.54) is 12.8 Å². The normalized spacial score (nSPS) is 25.1. The molecule has 0 radical (unpaired) electrons. The fourth-order valence-electron chi connectivity index (χ4n) is 4.48. The number of ether oxygens (including phenoxy) is 3. The number of benzene rings is 2. The fraction of sp³-hybridized carbons (Fsp3) is 0.375. The highest BCUT2D eigenvalue weighted by atomic mass is 16.5. The summed E-state index contributed by atoms with van der Waals surface area (Å²) >= 11 is 0.